The van der Waals surface area contributed by atoms with Crippen LogP contribution in [0.4, 0.5) is 14.5 Å². The molecule has 0 aliphatic rings. The van der Waals surface area contributed by atoms with E-state index in [0.717, 1.165) is 24.1 Å². The molecule has 1 amide bonds. The fourth-order valence-electron chi connectivity index (χ4n) is 2.23. The van der Waals surface area contributed by atoms with Gasteiger partial charge in [-0.05, 0) is 24.1 Å². The van der Waals surface area contributed by atoms with Crippen molar-refractivity contribution in [1.82, 2.24) is 0 Å². The van der Waals surface area contributed by atoms with Crippen LogP contribution >= 0.6 is 0 Å². The third-order valence-corrected chi connectivity index (χ3v) is 3.28. The number of amides is 1. The van der Waals surface area contributed by atoms with Gasteiger partial charge in [0.05, 0.1) is 11.6 Å². The first kappa shape index (κ1) is 15.2. The van der Waals surface area contributed by atoms with E-state index in [1.165, 1.54) is 6.07 Å². The first-order chi connectivity index (χ1) is 10.1. The van der Waals surface area contributed by atoms with E-state index in [1.54, 1.807) is 0 Å². The van der Waals surface area contributed by atoms with Gasteiger partial charge in [0.15, 0.2) is 0 Å². The van der Waals surface area contributed by atoms with Crippen LogP contribution in [0.25, 0.3) is 0 Å². The van der Waals surface area contributed by atoms with E-state index < -0.39 is 11.6 Å². The summed E-state index contributed by atoms with van der Waals surface area (Å²) in [6.07, 6.45) is 1.50. The molecule has 0 heterocycles. The smallest absolute Gasteiger partial charge is 0.231 e. The third kappa shape index (κ3) is 3.88. The molecule has 0 spiro atoms. The molecule has 110 valence electrons. The lowest BCUT2D eigenvalue weighted by Crippen LogP contribution is -2.21. The van der Waals surface area contributed by atoms with Crippen molar-refractivity contribution in [3.05, 3.63) is 65.7 Å². The molecule has 0 bridgehead atoms. The van der Waals surface area contributed by atoms with Gasteiger partial charge < -0.3 is 5.32 Å². The Hall–Kier alpha value is -2.23. The van der Waals surface area contributed by atoms with Crippen LogP contribution in [0.1, 0.15) is 31.2 Å². The average molecular weight is 289 g/mol. The summed E-state index contributed by atoms with van der Waals surface area (Å²) < 4.78 is 26.5. The van der Waals surface area contributed by atoms with Crippen molar-refractivity contribution >= 4 is 11.6 Å². The van der Waals surface area contributed by atoms with Crippen molar-refractivity contribution in [2.75, 3.05) is 5.32 Å². The van der Waals surface area contributed by atoms with Crippen LogP contribution in [0.2, 0.25) is 0 Å². The van der Waals surface area contributed by atoms with Gasteiger partial charge in [-0.15, -0.1) is 0 Å². The molecular weight excluding hydrogens is 272 g/mol. The monoisotopic (exact) mass is 289 g/mol. The van der Waals surface area contributed by atoms with Crippen molar-refractivity contribution in [3.63, 3.8) is 0 Å². The summed E-state index contributed by atoms with van der Waals surface area (Å²) in [5.41, 5.74) is 0.887. The summed E-state index contributed by atoms with van der Waals surface area (Å²) in [5.74, 6) is -2.07. The summed E-state index contributed by atoms with van der Waals surface area (Å²) in [6.45, 7) is 1.99. The predicted molar refractivity (Wildman–Crippen MR) is 79.1 cm³/mol. The van der Waals surface area contributed by atoms with Crippen LogP contribution in [0.15, 0.2) is 48.5 Å². The zero-order valence-electron chi connectivity index (χ0n) is 11.8. The maximum absolute atomic E-state index is 13.6. The van der Waals surface area contributed by atoms with Gasteiger partial charge in [0.1, 0.15) is 11.6 Å². The number of hydrogen-bond donors (Lipinski definition) is 1. The lowest BCUT2D eigenvalue weighted by molar-refractivity contribution is -0.117. The summed E-state index contributed by atoms with van der Waals surface area (Å²) in [4.78, 5) is 12.4. The Labute approximate surface area is 122 Å². The van der Waals surface area contributed by atoms with Gasteiger partial charge in [0.2, 0.25) is 5.91 Å². The molecule has 0 aromatic heterocycles. The molecule has 21 heavy (non-hydrogen) atoms. The van der Waals surface area contributed by atoms with Crippen molar-refractivity contribution in [1.29, 1.82) is 0 Å². The highest BCUT2D eigenvalue weighted by Crippen LogP contribution is 2.24. The minimum atomic E-state index is -0.772. The molecule has 0 saturated carbocycles. The number of rotatable bonds is 5. The number of anilines is 1. The Morgan fingerprint density at radius 1 is 1.14 bits per heavy atom. The van der Waals surface area contributed by atoms with E-state index in [2.05, 4.69) is 5.32 Å². The zero-order chi connectivity index (χ0) is 15.2. The topological polar surface area (TPSA) is 29.1 Å². The van der Waals surface area contributed by atoms with Crippen LogP contribution in [0.3, 0.4) is 0 Å². The Balaban J connectivity index is 2.19. The van der Waals surface area contributed by atoms with Gasteiger partial charge in [-0.3, -0.25) is 4.79 Å². The average Bonchev–Trinajstić information content (AvgIpc) is 2.48. The largest absolute Gasteiger partial charge is 0.323 e. The Bertz CT molecular complexity index is 613. The van der Waals surface area contributed by atoms with E-state index in [0.29, 0.717) is 6.42 Å². The highest BCUT2D eigenvalue weighted by Gasteiger charge is 2.20. The van der Waals surface area contributed by atoms with Gasteiger partial charge >= 0.3 is 0 Å². The van der Waals surface area contributed by atoms with Gasteiger partial charge in [-0.2, -0.15) is 0 Å². The van der Waals surface area contributed by atoms with Crippen molar-refractivity contribution in [2.24, 2.45) is 0 Å². The molecule has 0 radical (unpaired) electrons. The quantitative estimate of drug-likeness (QED) is 0.863. The molecule has 4 heteroatoms. The molecule has 2 rings (SSSR count). The number of halogens is 2. The molecule has 2 aromatic carbocycles. The Morgan fingerprint density at radius 3 is 2.48 bits per heavy atom. The molecule has 0 fully saturated rings. The van der Waals surface area contributed by atoms with Gasteiger partial charge in [0, 0.05) is 6.07 Å². The number of benzene rings is 2. The fourth-order valence-corrected chi connectivity index (χ4v) is 2.23. The molecule has 1 atom stereocenters. The molecule has 0 saturated heterocycles. The van der Waals surface area contributed by atoms with Gasteiger partial charge in [-0.25, -0.2) is 8.78 Å². The molecular formula is C17H17F2NO. The van der Waals surface area contributed by atoms with Crippen molar-refractivity contribution < 1.29 is 13.6 Å². The predicted octanol–water partition coefficient (Wildman–Crippen LogP) is 4.49. The molecule has 1 N–H and O–H groups in total. The molecule has 0 aliphatic carbocycles. The van der Waals surface area contributed by atoms with Crippen LogP contribution in [0.5, 0.6) is 0 Å². The molecule has 2 nitrogen and oxygen atoms in total. The summed E-state index contributed by atoms with van der Waals surface area (Å²) >= 11 is 0. The number of nitrogens with one attached hydrogen (secondary N) is 1. The van der Waals surface area contributed by atoms with Crippen LogP contribution in [0, 0.1) is 11.6 Å². The van der Waals surface area contributed by atoms with Crippen molar-refractivity contribution in [3.8, 4) is 0 Å². The second kappa shape index (κ2) is 6.97. The lowest BCUT2D eigenvalue weighted by Gasteiger charge is -2.17. The Kier molecular flexibility index (Phi) is 5.04. The minimum absolute atomic E-state index is 0.00145. The summed E-state index contributed by atoms with van der Waals surface area (Å²) in [7, 11) is 0. The van der Waals surface area contributed by atoms with Gasteiger partial charge in [-0.1, -0.05) is 43.7 Å². The molecule has 0 unspecified atom stereocenters. The van der Waals surface area contributed by atoms with Gasteiger partial charge in [0.25, 0.3) is 0 Å². The normalized spacial score (nSPS) is 12.0. The van der Waals surface area contributed by atoms with Crippen LogP contribution in [-0.2, 0) is 4.79 Å². The maximum atomic E-state index is 13.6. The third-order valence-electron chi connectivity index (χ3n) is 3.28. The zero-order valence-corrected chi connectivity index (χ0v) is 11.8. The summed E-state index contributed by atoms with van der Waals surface area (Å²) in [5, 5.41) is 2.54. The van der Waals surface area contributed by atoms with Crippen LogP contribution in [-0.4, -0.2) is 5.91 Å². The van der Waals surface area contributed by atoms with E-state index in [-0.39, 0.29) is 17.5 Å². The van der Waals surface area contributed by atoms with E-state index in [9.17, 15) is 13.6 Å². The number of hydrogen-bond acceptors (Lipinski definition) is 1. The SMILES string of the molecule is CCC[C@H](C(=O)Nc1ccc(F)cc1F)c1ccccc1. The molecule has 2 aromatic rings. The second-order valence-corrected chi connectivity index (χ2v) is 4.87. The highest BCUT2D eigenvalue weighted by atomic mass is 19.1. The van der Waals surface area contributed by atoms with E-state index in [4.69, 9.17) is 0 Å². The maximum Gasteiger partial charge on any atom is 0.231 e. The summed E-state index contributed by atoms with van der Waals surface area (Å²) in [6, 6.07) is 12.5. The van der Waals surface area contributed by atoms with Crippen molar-refractivity contribution in [2.45, 2.75) is 25.7 Å². The minimum Gasteiger partial charge on any atom is -0.323 e. The van der Waals surface area contributed by atoms with E-state index in [1.807, 2.05) is 37.3 Å². The standard InChI is InChI=1S/C17H17F2NO/c1-2-6-14(12-7-4-3-5-8-12)17(21)20-16-10-9-13(18)11-15(16)19/h3-5,7-11,14H,2,6H2,1H3,(H,20,21)/t14-/m0/s1. The van der Waals surface area contributed by atoms with E-state index >= 15 is 0 Å². The lowest BCUT2D eigenvalue weighted by atomic mass is 9.93. The highest BCUT2D eigenvalue weighted by molar-refractivity contribution is 5.95. The molecule has 0 aliphatic heterocycles. The fraction of sp³-hybridized carbons (Fsp3) is 0.235. The second-order valence-electron chi connectivity index (χ2n) is 4.87. The Morgan fingerprint density at radius 2 is 1.86 bits per heavy atom. The first-order valence-electron chi connectivity index (χ1n) is 6.92. The number of carbonyl (C=O) groups is 1. The number of carbonyl (C=O) groups excluding carboxylic acids is 1. The van der Waals surface area contributed by atoms with Crippen LogP contribution < -0.4 is 5.32 Å². The first-order valence-corrected chi connectivity index (χ1v) is 6.92.